The Morgan fingerprint density at radius 3 is 2.57 bits per heavy atom. The number of nitrogens with zero attached hydrogens (tertiary/aromatic N) is 4. The molecule has 0 bridgehead atoms. The monoisotopic (exact) mass is 376 g/mol. The zero-order valence-electron chi connectivity index (χ0n) is 15.5. The van der Waals surface area contributed by atoms with E-state index in [-0.39, 0.29) is 17.2 Å². The van der Waals surface area contributed by atoms with Gasteiger partial charge in [-0.25, -0.2) is 0 Å². The average molecular weight is 376 g/mol. The van der Waals surface area contributed by atoms with Gasteiger partial charge in [-0.1, -0.05) is 18.2 Å². The van der Waals surface area contributed by atoms with Crippen LogP contribution < -0.4 is 0 Å². The Morgan fingerprint density at radius 1 is 1.07 bits per heavy atom. The molecule has 2 heterocycles. The molecule has 0 saturated carbocycles. The fraction of sp³-hybridized carbons (Fsp3) is 0.190. The largest absolute Gasteiger partial charge is 0.332 e. The summed E-state index contributed by atoms with van der Waals surface area (Å²) in [6.07, 6.45) is 2.29. The van der Waals surface area contributed by atoms with Gasteiger partial charge in [0.25, 0.3) is 11.6 Å². The number of nitro groups is 1. The van der Waals surface area contributed by atoms with Gasteiger partial charge in [-0.15, -0.1) is 0 Å². The second-order valence-corrected chi connectivity index (χ2v) is 6.38. The molecule has 0 aliphatic carbocycles. The summed E-state index contributed by atoms with van der Waals surface area (Å²) in [6.45, 7) is 2.63. The SMILES string of the molecule is Cc1cccc(CN(CCc2ccccn2)C(=O)c2cccc([N+](=O)[O-])c2)n1. The van der Waals surface area contributed by atoms with E-state index < -0.39 is 4.92 Å². The summed E-state index contributed by atoms with van der Waals surface area (Å²) in [7, 11) is 0. The minimum atomic E-state index is -0.503. The molecule has 0 spiro atoms. The number of hydrogen-bond acceptors (Lipinski definition) is 5. The standard InChI is InChI=1S/C21H20N4O3/c1-16-6-4-9-19(23-16)15-24(13-11-18-8-2-3-12-22-18)21(26)17-7-5-10-20(14-17)25(27)28/h2-10,12,14H,11,13,15H2,1H3. The number of amides is 1. The van der Waals surface area contributed by atoms with Crippen LogP contribution in [0.4, 0.5) is 5.69 Å². The van der Waals surface area contributed by atoms with Crippen LogP contribution in [0.3, 0.4) is 0 Å². The van der Waals surface area contributed by atoms with E-state index in [2.05, 4.69) is 9.97 Å². The van der Waals surface area contributed by atoms with Gasteiger partial charge in [0, 0.05) is 48.2 Å². The van der Waals surface area contributed by atoms with Crippen molar-refractivity contribution in [2.45, 2.75) is 19.9 Å². The van der Waals surface area contributed by atoms with E-state index in [0.29, 0.717) is 19.5 Å². The van der Waals surface area contributed by atoms with Crippen LogP contribution >= 0.6 is 0 Å². The van der Waals surface area contributed by atoms with Gasteiger partial charge in [0.1, 0.15) is 0 Å². The van der Waals surface area contributed by atoms with Gasteiger partial charge in [0.2, 0.25) is 0 Å². The lowest BCUT2D eigenvalue weighted by Gasteiger charge is -2.22. The number of pyridine rings is 2. The van der Waals surface area contributed by atoms with Crippen LogP contribution in [0.25, 0.3) is 0 Å². The number of carbonyl (C=O) groups is 1. The van der Waals surface area contributed by atoms with E-state index in [4.69, 9.17) is 0 Å². The first-order valence-electron chi connectivity index (χ1n) is 8.89. The number of carbonyl (C=O) groups excluding carboxylic acids is 1. The minimum absolute atomic E-state index is 0.107. The van der Waals surface area contributed by atoms with Crippen molar-refractivity contribution in [1.82, 2.24) is 14.9 Å². The highest BCUT2D eigenvalue weighted by molar-refractivity contribution is 5.94. The van der Waals surface area contributed by atoms with Crippen molar-refractivity contribution < 1.29 is 9.72 Å². The normalized spacial score (nSPS) is 10.5. The third-order valence-corrected chi connectivity index (χ3v) is 4.25. The van der Waals surface area contributed by atoms with Crippen molar-refractivity contribution in [3.8, 4) is 0 Å². The number of non-ortho nitro benzene ring substituents is 1. The lowest BCUT2D eigenvalue weighted by molar-refractivity contribution is -0.384. The molecule has 0 aliphatic heterocycles. The zero-order chi connectivity index (χ0) is 19.9. The fourth-order valence-corrected chi connectivity index (χ4v) is 2.87. The molecule has 7 heteroatoms. The molecule has 2 aromatic heterocycles. The van der Waals surface area contributed by atoms with Crippen LogP contribution in [0.1, 0.15) is 27.4 Å². The van der Waals surface area contributed by atoms with Crippen LogP contribution in [0.5, 0.6) is 0 Å². The Hall–Kier alpha value is -3.61. The highest BCUT2D eigenvalue weighted by Gasteiger charge is 2.19. The summed E-state index contributed by atoms with van der Waals surface area (Å²) in [6, 6.07) is 17.1. The van der Waals surface area contributed by atoms with Crippen molar-refractivity contribution >= 4 is 11.6 Å². The topological polar surface area (TPSA) is 89.2 Å². The van der Waals surface area contributed by atoms with E-state index in [1.807, 2.05) is 43.3 Å². The van der Waals surface area contributed by atoms with Gasteiger partial charge < -0.3 is 4.90 Å². The lowest BCUT2D eigenvalue weighted by Crippen LogP contribution is -2.33. The van der Waals surface area contributed by atoms with Crippen LogP contribution in [0, 0.1) is 17.0 Å². The van der Waals surface area contributed by atoms with Crippen LogP contribution in [0.2, 0.25) is 0 Å². The Morgan fingerprint density at radius 2 is 1.86 bits per heavy atom. The summed E-state index contributed by atoms with van der Waals surface area (Å²) >= 11 is 0. The predicted octanol–water partition coefficient (Wildman–Crippen LogP) is 3.58. The third-order valence-electron chi connectivity index (χ3n) is 4.25. The van der Waals surface area contributed by atoms with Crippen molar-refractivity contribution in [1.29, 1.82) is 0 Å². The number of aromatic nitrogens is 2. The molecule has 0 N–H and O–H groups in total. The van der Waals surface area contributed by atoms with Crippen molar-refractivity contribution in [3.05, 3.63) is 99.6 Å². The maximum Gasteiger partial charge on any atom is 0.270 e. The molecule has 28 heavy (non-hydrogen) atoms. The van der Waals surface area contributed by atoms with Gasteiger partial charge >= 0.3 is 0 Å². The highest BCUT2D eigenvalue weighted by Crippen LogP contribution is 2.16. The summed E-state index contributed by atoms with van der Waals surface area (Å²) in [5.74, 6) is -0.275. The van der Waals surface area contributed by atoms with E-state index in [0.717, 1.165) is 17.1 Å². The van der Waals surface area contributed by atoms with E-state index >= 15 is 0 Å². The molecule has 142 valence electrons. The molecular formula is C21H20N4O3. The molecule has 0 atom stereocenters. The number of benzene rings is 1. The Labute approximate surface area is 162 Å². The Bertz CT molecular complexity index is 976. The van der Waals surface area contributed by atoms with Gasteiger partial charge in [-0.2, -0.15) is 0 Å². The maximum atomic E-state index is 13.1. The second kappa shape index (κ2) is 8.85. The third kappa shape index (κ3) is 4.97. The van der Waals surface area contributed by atoms with Gasteiger partial charge in [0.05, 0.1) is 17.2 Å². The van der Waals surface area contributed by atoms with Crippen LogP contribution in [-0.4, -0.2) is 32.2 Å². The lowest BCUT2D eigenvalue weighted by atomic mass is 10.1. The summed E-state index contributed by atoms with van der Waals surface area (Å²) in [4.78, 5) is 34.0. The quantitative estimate of drug-likeness (QED) is 0.464. The Kier molecular flexibility index (Phi) is 6.06. The molecule has 0 radical (unpaired) electrons. The van der Waals surface area contributed by atoms with Crippen molar-refractivity contribution in [2.75, 3.05) is 6.54 Å². The first-order chi connectivity index (χ1) is 13.5. The van der Waals surface area contributed by atoms with Crippen LogP contribution in [-0.2, 0) is 13.0 Å². The van der Waals surface area contributed by atoms with Gasteiger partial charge in [0.15, 0.2) is 0 Å². The van der Waals surface area contributed by atoms with Crippen molar-refractivity contribution in [3.63, 3.8) is 0 Å². The molecule has 0 aliphatic rings. The molecule has 3 rings (SSSR count). The molecule has 1 aromatic carbocycles. The molecular weight excluding hydrogens is 356 g/mol. The highest BCUT2D eigenvalue weighted by atomic mass is 16.6. The predicted molar refractivity (Wildman–Crippen MR) is 105 cm³/mol. The van der Waals surface area contributed by atoms with Crippen LogP contribution in [0.15, 0.2) is 66.9 Å². The van der Waals surface area contributed by atoms with E-state index in [9.17, 15) is 14.9 Å². The fourth-order valence-electron chi connectivity index (χ4n) is 2.87. The maximum absolute atomic E-state index is 13.1. The number of nitro benzene ring substituents is 1. The molecule has 0 unspecified atom stereocenters. The van der Waals surface area contributed by atoms with Gasteiger partial charge in [-0.05, 0) is 37.3 Å². The first-order valence-corrected chi connectivity index (χ1v) is 8.89. The second-order valence-electron chi connectivity index (χ2n) is 6.38. The molecule has 0 fully saturated rings. The molecule has 3 aromatic rings. The summed E-state index contributed by atoms with van der Waals surface area (Å²) < 4.78 is 0. The number of aryl methyl sites for hydroxylation is 1. The smallest absolute Gasteiger partial charge is 0.270 e. The zero-order valence-corrected chi connectivity index (χ0v) is 15.5. The van der Waals surface area contributed by atoms with E-state index in [1.54, 1.807) is 17.2 Å². The van der Waals surface area contributed by atoms with Gasteiger partial charge in [-0.3, -0.25) is 24.9 Å². The summed E-state index contributed by atoms with van der Waals surface area (Å²) in [5, 5.41) is 11.0. The molecule has 0 saturated heterocycles. The minimum Gasteiger partial charge on any atom is -0.332 e. The average Bonchev–Trinajstić information content (AvgIpc) is 2.71. The first kappa shape index (κ1) is 19.2. The molecule has 7 nitrogen and oxygen atoms in total. The van der Waals surface area contributed by atoms with Crippen molar-refractivity contribution in [2.24, 2.45) is 0 Å². The number of hydrogen-bond donors (Lipinski definition) is 0. The summed E-state index contributed by atoms with van der Waals surface area (Å²) in [5.41, 5.74) is 2.67. The Balaban J connectivity index is 1.84. The van der Waals surface area contributed by atoms with E-state index in [1.165, 1.54) is 18.2 Å². The number of rotatable bonds is 7. The molecule has 1 amide bonds.